The van der Waals surface area contributed by atoms with Gasteiger partial charge in [-0.3, -0.25) is 14.8 Å². The number of anilines is 1. The van der Waals surface area contributed by atoms with Gasteiger partial charge in [-0.05, 0) is 24.3 Å². The van der Waals surface area contributed by atoms with Crippen LogP contribution >= 0.6 is 11.6 Å². The molecule has 26 heavy (non-hydrogen) atoms. The lowest BCUT2D eigenvalue weighted by molar-refractivity contribution is -0.383. The molecule has 2 aromatic carbocycles. The lowest BCUT2D eigenvalue weighted by atomic mass is 10.2. The zero-order valence-electron chi connectivity index (χ0n) is 12.5. The van der Waals surface area contributed by atoms with Crippen molar-refractivity contribution in [3.8, 4) is 11.5 Å². The van der Waals surface area contributed by atoms with Crippen LogP contribution in [0.2, 0.25) is 5.02 Å². The number of benzene rings is 2. The molecule has 13 heteroatoms. The van der Waals surface area contributed by atoms with Crippen LogP contribution < -0.4 is 14.6 Å². The molecular weight excluding hydrogens is 403 g/mol. The molecule has 0 heterocycles. The Morgan fingerprint density at radius 2 is 1.85 bits per heavy atom. The van der Waals surface area contributed by atoms with Crippen LogP contribution in [0.25, 0.3) is 0 Å². The Kier molecular flexibility index (Phi) is 5.30. The van der Waals surface area contributed by atoms with Crippen LogP contribution in [-0.2, 0) is 16.4 Å². The first-order chi connectivity index (χ1) is 11.9. The highest BCUT2D eigenvalue weighted by molar-refractivity contribution is 7.90. The smallest absolute Gasteiger partial charge is 0.416 e. The first-order valence-corrected chi connectivity index (χ1v) is 8.43. The molecule has 140 valence electrons. The summed E-state index contributed by atoms with van der Waals surface area (Å²) >= 11 is 5.75. The summed E-state index contributed by atoms with van der Waals surface area (Å²) in [4.78, 5) is 10.1. The number of nitrogens with two attached hydrogens (primary N) is 1. The number of nitrogens with one attached hydrogen (secondary N) is 1. The Hall–Kier alpha value is -2.57. The van der Waals surface area contributed by atoms with Crippen molar-refractivity contribution in [1.29, 1.82) is 0 Å². The summed E-state index contributed by atoms with van der Waals surface area (Å²) in [6.07, 6.45) is -4.60. The van der Waals surface area contributed by atoms with Gasteiger partial charge in [0.05, 0.1) is 15.5 Å². The first kappa shape index (κ1) is 19.8. The van der Waals surface area contributed by atoms with E-state index in [1.165, 1.54) is 0 Å². The van der Waals surface area contributed by atoms with Crippen molar-refractivity contribution in [3.63, 3.8) is 0 Å². The number of alkyl halides is 3. The molecule has 0 aliphatic heterocycles. The van der Waals surface area contributed by atoms with Gasteiger partial charge in [0.25, 0.3) is 15.9 Å². The van der Waals surface area contributed by atoms with Crippen LogP contribution in [0, 0.1) is 10.1 Å². The third kappa shape index (κ3) is 4.97. The van der Waals surface area contributed by atoms with Gasteiger partial charge in [0.1, 0.15) is 17.2 Å². The van der Waals surface area contributed by atoms with Crippen LogP contribution in [0.4, 0.5) is 24.5 Å². The second-order valence-corrected chi connectivity index (χ2v) is 6.53. The van der Waals surface area contributed by atoms with Gasteiger partial charge >= 0.3 is 6.18 Å². The molecule has 0 aliphatic carbocycles. The highest BCUT2D eigenvalue weighted by Gasteiger charge is 2.31. The second-order valence-electron chi connectivity index (χ2n) is 4.83. The maximum absolute atomic E-state index is 12.6. The maximum Gasteiger partial charge on any atom is 0.416 e. The molecule has 0 unspecified atom stereocenters. The van der Waals surface area contributed by atoms with Crippen molar-refractivity contribution in [3.05, 3.63) is 57.1 Å². The molecular formula is C13H9ClF3N3O5S. The second kappa shape index (κ2) is 6.97. The minimum absolute atomic E-state index is 0.122. The molecule has 0 radical (unpaired) electrons. The predicted octanol–water partition coefficient (Wildman–Crippen LogP) is 3.67. The fraction of sp³-hybridized carbons (Fsp3) is 0.0769. The van der Waals surface area contributed by atoms with Crippen molar-refractivity contribution < 1.29 is 31.2 Å². The number of nitro groups is 1. The molecule has 0 spiro atoms. The van der Waals surface area contributed by atoms with Crippen LogP contribution in [0.5, 0.6) is 11.5 Å². The van der Waals surface area contributed by atoms with Gasteiger partial charge in [0.2, 0.25) is 0 Å². The number of nitrogens with zero attached hydrogens (tertiary/aromatic N) is 1. The molecule has 0 saturated carbocycles. The van der Waals surface area contributed by atoms with E-state index in [0.717, 1.165) is 30.3 Å². The Labute approximate surface area is 149 Å². The lowest BCUT2D eigenvalue weighted by Crippen LogP contribution is -2.22. The third-order valence-electron chi connectivity index (χ3n) is 2.90. The predicted molar refractivity (Wildman–Crippen MR) is 86.4 cm³/mol. The first-order valence-electron chi connectivity index (χ1n) is 6.50. The molecule has 2 rings (SSSR count). The lowest BCUT2D eigenvalue weighted by Gasteiger charge is -2.12. The van der Waals surface area contributed by atoms with Gasteiger partial charge in [0.15, 0.2) is 0 Å². The number of nitro benzene ring substituents is 1. The van der Waals surface area contributed by atoms with Gasteiger partial charge in [-0.25, -0.2) is 5.14 Å². The number of rotatable bonds is 5. The molecule has 2 aromatic rings. The normalized spacial score (nSPS) is 11.9. The minimum Gasteiger partial charge on any atom is -0.456 e. The van der Waals surface area contributed by atoms with E-state index in [-0.39, 0.29) is 16.5 Å². The van der Waals surface area contributed by atoms with Crippen LogP contribution in [-0.4, -0.2) is 13.3 Å². The quantitative estimate of drug-likeness (QED) is 0.573. The molecule has 0 bridgehead atoms. The summed E-state index contributed by atoms with van der Waals surface area (Å²) in [5.74, 6) is -0.293. The standard InChI is InChI=1S/C13H9ClF3N3O5S/c14-9-5-7(13(15,16)17)1-4-12(9)25-8-2-3-11(20(21)22)10(6-8)19-26(18,23)24/h1-6,19H,(H2,18,23,24). The average molecular weight is 412 g/mol. The molecule has 0 aromatic heterocycles. The van der Waals surface area contributed by atoms with E-state index in [1.54, 1.807) is 4.72 Å². The summed E-state index contributed by atoms with van der Waals surface area (Å²) in [5.41, 5.74) is -2.09. The van der Waals surface area contributed by atoms with Crippen molar-refractivity contribution in [2.24, 2.45) is 5.14 Å². The fourth-order valence-electron chi connectivity index (χ4n) is 1.86. The zero-order valence-corrected chi connectivity index (χ0v) is 14.0. The molecule has 0 saturated heterocycles. The Bertz CT molecular complexity index is 966. The Morgan fingerprint density at radius 3 is 2.35 bits per heavy atom. The topological polar surface area (TPSA) is 125 Å². The largest absolute Gasteiger partial charge is 0.456 e. The molecule has 0 amide bonds. The number of hydrogen-bond donors (Lipinski definition) is 2. The summed E-state index contributed by atoms with van der Waals surface area (Å²) in [5, 5.41) is 15.4. The van der Waals surface area contributed by atoms with E-state index >= 15 is 0 Å². The van der Waals surface area contributed by atoms with Crippen molar-refractivity contribution in [2.45, 2.75) is 6.18 Å². The fourth-order valence-corrected chi connectivity index (χ4v) is 2.55. The van der Waals surface area contributed by atoms with Crippen molar-refractivity contribution >= 4 is 33.2 Å². The maximum atomic E-state index is 12.6. The van der Waals surface area contributed by atoms with Crippen LogP contribution in [0.1, 0.15) is 5.56 Å². The molecule has 3 N–H and O–H groups in total. The van der Waals surface area contributed by atoms with Gasteiger partial charge in [0, 0.05) is 12.1 Å². The molecule has 0 aliphatic rings. The van der Waals surface area contributed by atoms with Crippen LogP contribution in [0.3, 0.4) is 0 Å². The van der Waals surface area contributed by atoms with E-state index in [4.69, 9.17) is 21.5 Å². The summed E-state index contributed by atoms with van der Waals surface area (Å²) in [7, 11) is -4.31. The van der Waals surface area contributed by atoms with E-state index in [0.29, 0.717) is 6.07 Å². The van der Waals surface area contributed by atoms with Gasteiger partial charge in [-0.1, -0.05) is 11.6 Å². The van der Waals surface area contributed by atoms with Crippen molar-refractivity contribution in [2.75, 3.05) is 4.72 Å². The van der Waals surface area contributed by atoms with Gasteiger partial charge in [-0.15, -0.1) is 0 Å². The van der Waals surface area contributed by atoms with E-state index in [9.17, 15) is 31.7 Å². The molecule has 0 fully saturated rings. The highest BCUT2D eigenvalue weighted by Crippen LogP contribution is 2.38. The summed E-state index contributed by atoms with van der Waals surface area (Å²) in [6.45, 7) is 0. The average Bonchev–Trinajstić information content (AvgIpc) is 2.46. The Morgan fingerprint density at radius 1 is 1.19 bits per heavy atom. The Balaban J connectivity index is 2.38. The number of hydrogen-bond acceptors (Lipinski definition) is 5. The van der Waals surface area contributed by atoms with Gasteiger partial charge < -0.3 is 4.74 Å². The number of ether oxygens (including phenoxy) is 1. The SMILES string of the molecule is NS(=O)(=O)Nc1cc(Oc2ccc(C(F)(F)F)cc2Cl)ccc1[N+](=O)[O-]. The van der Waals surface area contributed by atoms with E-state index < -0.39 is 38.2 Å². The summed E-state index contributed by atoms with van der Waals surface area (Å²) < 4.78 is 67.1. The van der Waals surface area contributed by atoms with Crippen molar-refractivity contribution in [1.82, 2.24) is 0 Å². The van der Waals surface area contributed by atoms with E-state index in [2.05, 4.69) is 0 Å². The molecule has 8 nitrogen and oxygen atoms in total. The zero-order chi connectivity index (χ0) is 19.7. The van der Waals surface area contributed by atoms with E-state index in [1.807, 2.05) is 0 Å². The van der Waals surface area contributed by atoms with Crippen LogP contribution in [0.15, 0.2) is 36.4 Å². The summed E-state index contributed by atoms with van der Waals surface area (Å²) in [6, 6.07) is 5.32. The molecule has 0 atom stereocenters. The van der Waals surface area contributed by atoms with Gasteiger partial charge in [-0.2, -0.15) is 21.6 Å². The number of halogens is 4. The highest BCUT2D eigenvalue weighted by atomic mass is 35.5. The third-order valence-corrected chi connectivity index (χ3v) is 3.70. The monoisotopic (exact) mass is 411 g/mol. The minimum atomic E-state index is -4.60.